The molecule has 0 amide bonds. The second-order valence-corrected chi connectivity index (χ2v) is 2.92. The van der Waals surface area contributed by atoms with Crippen LogP contribution in [0.5, 0.6) is 5.75 Å². The Kier molecular flexibility index (Phi) is 2.55. The first-order valence-electron chi connectivity index (χ1n) is 4.37. The average Bonchev–Trinajstić information content (AvgIpc) is 2.29. The molecule has 0 spiro atoms. The molecule has 5 nitrogen and oxygen atoms in total. The van der Waals surface area contributed by atoms with Crippen LogP contribution >= 0.6 is 0 Å². The Balaban J connectivity index is 2.61. The second-order valence-electron chi connectivity index (χ2n) is 2.92. The highest BCUT2D eigenvalue weighted by molar-refractivity contribution is 5.66. The third-order valence-corrected chi connectivity index (χ3v) is 1.96. The zero-order valence-corrected chi connectivity index (χ0v) is 7.83. The van der Waals surface area contributed by atoms with Gasteiger partial charge in [0.05, 0.1) is 18.4 Å². The van der Waals surface area contributed by atoms with Crippen molar-refractivity contribution in [2.45, 2.75) is 6.61 Å². The fraction of sp³-hybridized carbons (Fsp3) is 0.100. The number of aromatic hydroxyl groups is 1. The van der Waals surface area contributed by atoms with Crippen molar-refractivity contribution in [1.82, 2.24) is 15.0 Å². The van der Waals surface area contributed by atoms with Gasteiger partial charge < -0.3 is 10.2 Å². The van der Waals surface area contributed by atoms with Crippen LogP contribution in [-0.4, -0.2) is 25.2 Å². The number of nitrogens with zero attached hydrogens (tertiary/aromatic N) is 3. The van der Waals surface area contributed by atoms with Gasteiger partial charge in [0.2, 0.25) is 0 Å². The molecule has 2 aromatic rings. The molecular weight excluding hydrogens is 194 g/mol. The van der Waals surface area contributed by atoms with E-state index in [0.717, 1.165) is 0 Å². The van der Waals surface area contributed by atoms with Crippen molar-refractivity contribution in [2.75, 3.05) is 0 Å². The number of aromatic nitrogens is 3. The molecule has 0 aromatic carbocycles. The summed E-state index contributed by atoms with van der Waals surface area (Å²) >= 11 is 0. The molecule has 0 bridgehead atoms. The van der Waals surface area contributed by atoms with Gasteiger partial charge in [-0.2, -0.15) is 0 Å². The van der Waals surface area contributed by atoms with Gasteiger partial charge in [0, 0.05) is 24.2 Å². The maximum atomic E-state index is 9.62. The number of aliphatic hydroxyl groups excluding tert-OH is 1. The van der Waals surface area contributed by atoms with Crippen LogP contribution in [0.25, 0.3) is 11.4 Å². The molecule has 0 unspecified atom stereocenters. The Morgan fingerprint density at radius 1 is 1.13 bits per heavy atom. The van der Waals surface area contributed by atoms with Gasteiger partial charge in [-0.1, -0.05) is 0 Å². The normalized spacial score (nSPS) is 10.2. The lowest BCUT2D eigenvalue weighted by Crippen LogP contribution is -1.95. The standard InChI is InChI=1S/C10H9N3O2/c14-6-7-4-11-5-8(15)9(7)10-12-2-1-3-13-10/h1-5,14-15H,6H2. The molecule has 0 aliphatic carbocycles. The minimum absolute atomic E-state index is 0.0345. The van der Waals surface area contributed by atoms with Crippen molar-refractivity contribution in [1.29, 1.82) is 0 Å². The van der Waals surface area contributed by atoms with Crippen LogP contribution in [-0.2, 0) is 6.61 Å². The van der Waals surface area contributed by atoms with E-state index in [9.17, 15) is 5.11 Å². The summed E-state index contributed by atoms with van der Waals surface area (Å²) in [5.74, 6) is 0.342. The Morgan fingerprint density at radius 2 is 1.87 bits per heavy atom. The first-order valence-corrected chi connectivity index (χ1v) is 4.37. The Bertz CT molecular complexity index is 459. The molecule has 2 aromatic heterocycles. The molecule has 0 atom stereocenters. The molecule has 0 saturated heterocycles. The highest BCUT2D eigenvalue weighted by atomic mass is 16.3. The summed E-state index contributed by atoms with van der Waals surface area (Å²) in [6, 6.07) is 1.68. The molecule has 5 heteroatoms. The van der Waals surface area contributed by atoms with Crippen molar-refractivity contribution >= 4 is 0 Å². The van der Waals surface area contributed by atoms with Crippen LogP contribution in [0.4, 0.5) is 0 Å². The van der Waals surface area contributed by atoms with Gasteiger partial charge in [0.1, 0.15) is 5.75 Å². The maximum absolute atomic E-state index is 9.62. The molecule has 0 radical (unpaired) electrons. The molecule has 2 N–H and O–H groups in total. The van der Waals surface area contributed by atoms with E-state index in [2.05, 4.69) is 15.0 Å². The number of hydrogen-bond acceptors (Lipinski definition) is 5. The molecule has 0 aliphatic heterocycles. The number of aliphatic hydroxyl groups is 1. The lowest BCUT2D eigenvalue weighted by Gasteiger charge is -2.06. The molecular formula is C10H9N3O2. The Hall–Kier alpha value is -2.01. The molecule has 0 aliphatic rings. The van der Waals surface area contributed by atoms with Crippen molar-refractivity contribution in [2.24, 2.45) is 0 Å². The lowest BCUT2D eigenvalue weighted by atomic mass is 10.1. The maximum Gasteiger partial charge on any atom is 0.163 e. The minimum Gasteiger partial charge on any atom is -0.506 e. The monoisotopic (exact) mass is 203 g/mol. The summed E-state index contributed by atoms with van der Waals surface area (Å²) in [6.07, 6.45) is 5.92. The molecule has 2 rings (SSSR count). The van der Waals surface area contributed by atoms with Gasteiger partial charge >= 0.3 is 0 Å². The van der Waals surface area contributed by atoms with Crippen molar-refractivity contribution < 1.29 is 10.2 Å². The summed E-state index contributed by atoms with van der Waals surface area (Å²) in [4.78, 5) is 11.8. The summed E-state index contributed by atoms with van der Waals surface area (Å²) in [5, 5.41) is 18.7. The highest BCUT2D eigenvalue weighted by Gasteiger charge is 2.12. The number of pyridine rings is 1. The van der Waals surface area contributed by atoms with Gasteiger partial charge in [-0.3, -0.25) is 4.98 Å². The first-order chi connectivity index (χ1) is 7.33. The highest BCUT2D eigenvalue weighted by Crippen LogP contribution is 2.28. The molecule has 15 heavy (non-hydrogen) atoms. The topological polar surface area (TPSA) is 79.1 Å². The minimum atomic E-state index is -0.213. The van der Waals surface area contributed by atoms with Gasteiger partial charge in [-0.25, -0.2) is 9.97 Å². The summed E-state index contributed by atoms with van der Waals surface area (Å²) in [5.41, 5.74) is 0.925. The van der Waals surface area contributed by atoms with Crippen LogP contribution in [0, 0.1) is 0 Å². The zero-order chi connectivity index (χ0) is 10.7. The molecule has 0 fully saturated rings. The van der Waals surface area contributed by atoms with E-state index >= 15 is 0 Å². The van der Waals surface area contributed by atoms with E-state index in [0.29, 0.717) is 17.0 Å². The smallest absolute Gasteiger partial charge is 0.163 e. The lowest BCUT2D eigenvalue weighted by molar-refractivity contribution is 0.281. The Labute approximate surface area is 86.1 Å². The van der Waals surface area contributed by atoms with Gasteiger partial charge in [-0.15, -0.1) is 0 Å². The zero-order valence-electron chi connectivity index (χ0n) is 7.83. The predicted octanol–water partition coefficient (Wildman–Crippen LogP) is 0.736. The van der Waals surface area contributed by atoms with Crippen molar-refractivity contribution in [3.63, 3.8) is 0 Å². The van der Waals surface area contributed by atoms with Gasteiger partial charge in [-0.05, 0) is 6.07 Å². The van der Waals surface area contributed by atoms with Gasteiger partial charge in [0.15, 0.2) is 5.82 Å². The summed E-state index contributed by atoms with van der Waals surface area (Å²) in [7, 11) is 0. The van der Waals surface area contributed by atoms with E-state index in [-0.39, 0.29) is 12.4 Å². The van der Waals surface area contributed by atoms with Crippen LogP contribution in [0.2, 0.25) is 0 Å². The van der Waals surface area contributed by atoms with E-state index in [4.69, 9.17) is 5.11 Å². The molecule has 76 valence electrons. The number of hydrogen-bond donors (Lipinski definition) is 2. The van der Waals surface area contributed by atoms with E-state index in [1.807, 2.05) is 0 Å². The van der Waals surface area contributed by atoms with Crippen molar-refractivity contribution in [3.8, 4) is 17.1 Å². The van der Waals surface area contributed by atoms with E-state index < -0.39 is 0 Å². The quantitative estimate of drug-likeness (QED) is 0.752. The molecule has 0 saturated carbocycles. The van der Waals surface area contributed by atoms with Crippen LogP contribution in [0.1, 0.15) is 5.56 Å². The van der Waals surface area contributed by atoms with E-state index in [1.54, 1.807) is 18.5 Å². The fourth-order valence-electron chi connectivity index (χ4n) is 1.30. The summed E-state index contributed by atoms with van der Waals surface area (Å²) in [6.45, 7) is -0.213. The van der Waals surface area contributed by atoms with Gasteiger partial charge in [0.25, 0.3) is 0 Å². The largest absolute Gasteiger partial charge is 0.506 e. The second kappa shape index (κ2) is 4.02. The van der Waals surface area contributed by atoms with Crippen LogP contribution < -0.4 is 0 Å². The predicted molar refractivity (Wildman–Crippen MR) is 52.9 cm³/mol. The average molecular weight is 203 g/mol. The summed E-state index contributed by atoms with van der Waals surface area (Å²) < 4.78 is 0. The SMILES string of the molecule is OCc1cncc(O)c1-c1ncccn1. The van der Waals surface area contributed by atoms with E-state index in [1.165, 1.54) is 12.4 Å². The Morgan fingerprint density at radius 3 is 2.53 bits per heavy atom. The van der Waals surface area contributed by atoms with Crippen molar-refractivity contribution in [3.05, 3.63) is 36.4 Å². The van der Waals surface area contributed by atoms with Crippen LogP contribution in [0.3, 0.4) is 0 Å². The van der Waals surface area contributed by atoms with Crippen LogP contribution in [0.15, 0.2) is 30.9 Å². The first kappa shape index (κ1) is 9.54. The third kappa shape index (κ3) is 1.77. The molecule has 2 heterocycles. The fourth-order valence-corrected chi connectivity index (χ4v) is 1.30. The third-order valence-electron chi connectivity index (χ3n) is 1.96. The number of rotatable bonds is 2.